The Kier molecular flexibility index (Phi) is 7.56. The van der Waals surface area contributed by atoms with Gasteiger partial charge in [0.05, 0.1) is 0 Å². The van der Waals surface area contributed by atoms with E-state index in [-0.39, 0.29) is 11.3 Å². The molecule has 0 radical (unpaired) electrons. The number of halogens is 7. The third kappa shape index (κ3) is 5.99. The van der Waals surface area contributed by atoms with Crippen LogP contribution < -0.4 is 5.32 Å². The first-order valence-corrected chi connectivity index (χ1v) is 11.1. The molecule has 1 unspecified atom stereocenters. The maximum absolute atomic E-state index is 15.9. The van der Waals surface area contributed by atoms with Crippen molar-refractivity contribution < 1.29 is 35.8 Å². The van der Waals surface area contributed by atoms with E-state index < -0.39 is 52.7 Å². The standard InChI is InChI=1S/C27H17F7N4O/c28-20-6-9-22(23(29)11-20)26(39,19-13-35-16-36-14-19)27(33,34)24-10-5-18(12-37-24)2-1-17-3-7-21(8-4-17)38-15-25(30,31)32/h3-14,16,38-39H,15H2. The molecule has 0 bridgehead atoms. The van der Waals surface area contributed by atoms with E-state index in [0.717, 1.165) is 37.1 Å². The molecule has 0 aliphatic rings. The van der Waals surface area contributed by atoms with Gasteiger partial charge in [-0.2, -0.15) is 22.0 Å². The second-order valence-electron chi connectivity index (χ2n) is 8.26. The zero-order chi connectivity index (χ0) is 28.3. The monoisotopic (exact) mass is 546 g/mol. The highest BCUT2D eigenvalue weighted by atomic mass is 19.4. The predicted octanol–water partition coefficient (Wildman–Crippen LogP) is 5.55. The van der Waals surface area contributed by atoms with E-state index in [4.69, 9.17) is 0 Å². The summed E-state index contributed by atoms with van der Waals surface area (Å²) in [4.78, 5) is 11.0. The highest BCUT2D eigenvalue weighted by molar-refractivity contribution is 5.50. The molecule has 12 heteroatoms. The first-order chi connectivity index (χ1) is 18.4. The van der Waals surface area contributed by atoms with Crippen LogP contribution >= 0.6 is 0 Å². The van der Waals surface area contributed by atoms with Gasteiger partial charge in [-0.15, -0.1) is 0 Å². The number of nitrogens with zero attached hydrogens (tertiary/aromatic N) is 3. The minimum absolute atomic E-state index is 0.202. The van der Waals surface area contributed by atoms with Crippen LogP contribution in [0.25, 0.3) is 0 Å². The molecule has 1 atom stereocenters. The molecule has 0 saturated carbocycles. The van der Waals surface area contributed by atoms with Crippen LogP contribution in [-0.4, -0.2) is 32.8 Å². The fourth-order valence-electron chi connectivity index (χ4n) is 3.63. The van der Waals surface area contributed by atoms with Gasteiger partial charge in [0.1, 0.15) is 30.2 Å². The molecule has 0 fully saturated rings. The summed E-state index contributed by atoms with van der Waals surface area (Å²) in [5.41, 5.74) is -4.89. The minimum Gasteiger partial charge on any atom is -0.376 e. The Morgan fingerprint density at radius 1 is 0.795 bits per heavy atom. The van der Waals surface area contributed by atoms with E-state index in [2.05, 4.69) is 32.1 Å². The number of rotatable bonds is 6. The van der Waals surface area contributed by atoms with Crippen LogP contribution in [0.1, 0.15) is 27.9 Å². The smallest absolute Gasteiger partial charge is 0.376 e. The molecule has 4 aromatic rings. The van der Waals surface area contributed by atoms with Crippen LogP contribution in [0.2, 0.25) is 0 Å². The summed E-state index contributed by atoms with van der Waals surface area (Å²) < 4.78 is 96.8. The van der Waals surface area contributed by atoms with Crippen molar-refractivity contribution in [3.63, 3.8) is 0 Å². The van der Waals surface area contributed by atoms with E-state index in [0.29, 0.717) is 17.7 Å². The van der Waals surface area contributed by atoms with Gasteiger partial charge in [-0.3, -0.25) is 4.98 Å². The number of anilines is 1. The second-order valence-corrected chi connectivity index (χ2v) is 8.26. The van der Waals surface area contributed by atoms with Gasteiger partial charge in [-0.25, -0.2) is 18.7 Å². The van der Waals surface area contributed by atoms with Crippen LogP contribution in [0.3, 0.4) is 0 Å². The molecular weight excluding hydrogens is 529 g/mol. The number of aliphatic hydroxyl groups is 1. The summed E-state index contributed by atoms with van der Waals surface area (Å²) in [6.45, 7) is -1.19. The summed E-state index contributed by atoms with van der Waals surface area (Å²) in [6, 6.07) is 9.65. The van der Waals surface area contributed by atoms with Crippen LogP contribution in [0.4, 0.5) is 36.4 Å². The molecule has 0 aliphatic carbocycles. The lowest BCUT2D eigenvalue weighted by Crippen LogP contribution is -2.45. The molecule has 39 heavy (non-hydrogen) atoms. The minimum atomic E-state index is -4.37. The Bertz CT molecular complexity index is 1500. The van der Waals surface area contributed by atoms with Crippen molar-refractivity contribution in [3.05, 3.63) is 119 Å². The Morgan fingerprint density at radius 3 is 2.03 bits per heavy atom. The quantitative estimate of drug-likeness (QED) is 0.245. The fraction of sp³-hybridized carbons (Fsp3) is 0.148. The number of aromatic nitrogens is 3. The van der Waals surface area contributed by atoms with Crippen LogP contribution in [0, 0.1) is 23.5 Å². The molecule has 2 N–H and O–H groups in total. The van der Waals surface area contributed by atoms with Crippen LogP contribution in [0.5, 0.6) is 0 Å². The molecule has 5 nitrogen and oxygen atoms in total. The van der Waals surface area contributed by atoms with Crippen molar-refractivity contribution in [2.24, 2.45) is 0 Å². The average Bonchev–Trinajstić information content (AvgIpc) is 2.91. The van der Waals surface area contributed by atoms with E-state index in [1.807, 2.05) is 0 Å². The topological polar surface area (TPSA) is 70.9 Å². The lowest BCUT2D eigenvalue weighted by atomic mass is 9.80. The number of alkyl halides is 5. The van der Waals surface area contributed by atoms with Crippen LogP contribution in [-0.2, 0) is 11.5 Å². The van der Waals surface area contributed by atoms with Gasteiger partial charge in [0.2, 0.25) is 0 Å². The summed E-state index contributed by atoms with van der Waals surface area (Å²) in [5.74, 6) is -1.26. The molecular formula is C27H17F7N4O. The van der Waals surface area contributed by atoms with Gasteiger partial charge < -0.3 is 10.4 Å². The molecule has 2 aromatic heterocycles. The maximum Gasteiger partial charge on any atom is 0.405 e. The van der Waals surface area contributed by atoms with Crippen molar-refractivity contribution in [3.8, 4) is 11.8 Å². The maximum atomic E-state index is 15.9. The average molecular weight is 546 g/mol. The van der Waals surface area contributed by atoms with Crippen molar-refractivity contribution in [1.29, 1.82) is 0 Å². The highest BCUT2D eigenvalue weighted by Crippen LogP contribution is 2.49. The summed E-state index contributed by atoms with van der Waals surface area (Å²) in [5, 5.41) is 13.5. The zero-order valence-electron chi connectivity index (χ0n) is 19.6. The van der Waals surface area contributed by atoms with Crippen molar-refractivity contribution in [1.82, 2.24) is 15.0 Å². The molecule has 2 aromatic carbocycles. The molecule has 200 valence electrons. The van der Waals surface area contributed by atoms with Crippen molar-refractivity contribution in [2.75, 3.05) is 11.9 Å². The van der Waals surface area contributed by atoms with Crippen LogP contribution in [0.15, 0.2) is 79.5 Å². The van der Waals surface area contributed by atoms with Gasteiger partial charge in [-0.05, 0) is 48.5 Å². The van der Waals surface area contributed by atoms with E-state index in [1.165, 1.54) is 30.3 Å². The number of benzene rings is 2. The Labute approximate surface area is 217 Å². The van der Waals surface area contributed by atoms with Gasteiger partial charge in [-0.1, -0.05) is 11.8 Å². The summed E-state index contributed by atoms with van der Waals surface area (Å²) in [6.07, 6.45) is -0.563. The Hall–Kier alpha value is -4.50. The van der Waals surface area contributed by atoms with Gasteiger partial charge >= 0.3 is 12.1 Å². The summed E-state index contributed by atoms with van der Waals surface area (Å²) >= 11 is 0. The van der Waals surface area contributed by atoms with E-state index in [9.17, 15) is 27.1 Å². The summed E-state index contributed by atoms with van der Waals surface area (Å²) in [7, 11) is 0. The largest absolute Gasteiger partial charge is 0.405 e. The van der Waals surface area contributed by atoms with Gasteiger partial charge in [0.15, 0.2) is 5.60 Å². The molecule has 0 amide bonds. The predicted molar refractivity (Wildman–Crippen MR) is 126 cm³/mol. The lowest BCUT2D eigenvalue weighted by Gasteiger charge is -2.36. The number of hydrogen-bond acceptors (Lipinski definition) is 5. The molecule has 0 aliphatic heterocycles. The highest BCUT2D eigenvalue weighted by Gasteiger charge is 2.58. The second kappa shape index (κ2) is 10.7. The number of pyridine rings is 1. The molecule has 0 spiro atoms. The number of nitrogens with one attached hydrogen (secondary N) is 1. The Balaban J connectivity index is 1.62. The Morgan fingerprint density at radius 2 is 1.44 bits per heavy atom. The molecule has 4 rings (SSSR count). The van der Waals surface area contributed by atoms with E-state index in [1.54, 1.807) is 0 Å². The molecule has 0 saturated heterocycles. The SMILES string of the molecule is OC(c1cncnc1)(c1ccc(F)cc1F)C(F)(F)c1ccc(C#Cc2ccc(NCC(F)(F)F)cc2)cn1. The van der Waals surface area contributed by atoms with Crippen molar-refractivity contribution >= 4 is 5.69 Å². The normalized spacial score (nSPS) is 13.2. The zero-order valence-corrected chi connectivity index (χ0v) is 19.6. The molecule has 2 heterocycles. The van der Waals surface area contributed by atoms with Gasteiger partial charge in [0, 0.05) is 52.6 Å². The first-order valence-electron chi connectivity index (χ1n) is 11.1. The number of hydrogen-bond donors (Lipinski definition) is 2. The van der Waals surface area contributed by atoms with E-state index >= 15 is 8.78 Å². The van der Waals surface area contributed by atoms with Gasteiger partial charge in [0.25, 0.3) is 0 Å². The third-order valence-electron chi connectivity index (χ3n) is 5.57. The van der Waals surface area contributed by atoms with Crippen molar-refractivity contribution in [2.45, 2.75) is 17.7 Å². The fourth-order valence-corrected chi connectivity index (χ4v) is 3.63. The first kappa shape index (κ1) is 27.5. The third-order valence-corrected chi connectivity index (χ3v) is 5.57. The lowest BCUT2D eigenvalue weighted by molar-refractivity contribution is -0.175.